The normalized spacial score (nSPS) is 17.1. The fourth-order valence-electron chi connectivity index (χ4n) is 2.04. The summed E-state index contributed by atoms with van der Waals surface area (Å²) < 4.78 is 1.81. The van der Waals surface area contributed by atoms with Crippen molar-refractivity contribution in [3.8, 4) is 0 Å². The number of carbonyl (C=O) groups excluding carboxylic acids is 1. The third-order valence-electron chi connectivity index (χ3n) is 3.36. The van der Waals surface area contributed by atoms with Gasteiger partial charge in [0.2, 0.25) is 5.91 Å². The van der Waals surface area contributed by atoms with Gasteiger partial charge in [0, 0.05) is 46.0 Å². The molecule has 0 saturated carbocycles. The molecule has 6 heteroatoms. The minimum Gasteiger partial charge on any atom is -0.339 e. The van der Waals surface area contributed by atoms with Gasteiger partial charge in [-0.2, -0.15) is 5.10 Å². The number of nitrogens with zero attached hydrogens (tertiary/aromatic N) is 4. The molecule has 1 N–H and O–H groups in total. The lowest BCUT2D eigenvalue weighted by Gasteiger charge is -2.32. The van der Waals surface area contributed by atoms with Crippen molar-refractivity contribution < 1.29 is 4.79 Å². The molecule has 6 nitrogen and oxygen atoms in total. The Morgan fingerprint density at radius 3 is 2.67 bits per heavy atom. The monoisotopic (exact) mass is 251 g/mol. The molecular formula is C12H21N5O. The summed E-state index contributed by atoms with van der Waals surface area (Å²) in [6.07, 6.45) is 1.76. The van der Waals surface area contributed by atoms with Crippen LogP contribution in [0, 0.1) is 0 Å². The summed E-state index contributed by atoms with van der Waals surface area (Å²) in [6, 6.07) is 1.95. The van der Waals surface area contributed by atoms with Crippen LogP contribution in [0.3, 0.4) is 0 Å². The molecule has 0 spiro atoms. The summed E-state index contributed by atoms with van der Waals surface area (Å²) >= 11 is 0. The predicted octanol–water partition coefficient (Wildman–Crippen LogP) is -0.716. The molecular weight excluding hydrogens is 230 g/mol. The molecule has 100 valence electrons. The molecule has 0 unspecified atom stereocenters. The number of aryl methyl sites for hydroxylation is 1. The second kappa shape index (κ2) is 5.97. The highest BCUT2D eigenvalue weighted by atomic mass is 16.2. The smallest absolute Gasteiger partial charge is 0.236 e. The van der Waals surface area contributed by atoms with Gasteiger partial charge in [-0.3, -0.25) is 9.48 Å². The fraction of sp³-hybridized carbons (Fsp3) is 0.667. The first kappa shape index (κ1) is 13.0. The van der Waals surface area contributed by atoms with Crippen molar-refractivity contribution in [2.75, 3.05) is 39.8 Å². The number of aromatic nitrogens is 2. The van der Waals surface area contributed by atoms with Crippen molar-refractivity contribution in [3.63, 3.8) is 0 Å². The number of hydrogen-bond donors (Lipinski definition) is 1. The Balaban J connectivity index is 1.70. The van der Waals surface area contributed by atoms with Crippen LogP contribution < -0.4 is 5.32 Å². The summed E-state index contributed by atoms with van der Waals surface area (Å²) in [6.45, 7) is 4.68. The van der Waals surface area contributed by atoms with Crippen LogP contribution >= 0.6 is 0 Å². The molecule has 0 radical (unpaired) electrons. The molecule has 1 fully saturated rings. The van der Waals surface area contributed by atoms with Crippen LogP contribution in [0.2, 0.25) is 0 Å². The van der Waals surface area contributed by atoms with Gasteiger partial charge in [-0.05, 0) is 13.1 Å². The predicted molar refractivity (Wildman–Crippen MR) is 69.0 cm³/mol. The standard InChI is InChI=1S/C12H21N5O/c1-15-5-7-17(8-6-15)12(18)10-13-9-11-3-4-14-16(11)2/h3-4,13H,5-10H2,1-2H3. The Hall–Kier alpha value is -1.40. The lowest BCUT2D eigenvalue weighted by molar-refractivity contribution is -0.131. The van der Waals surface area contributed by atoms with E-state index in [0.717, 1.165) is 31.9 Å². The van der Waals surface area contributed by atoms with Crippen LogP contribution in [-0.4, -0.2) is 65.3 Å². The van der Waals surface area contributed by atoms with Gasteiger partial charge in [0.1, 0.15) is 0 Å². The van der Waals surface area contributed by atoms with Gasteiger partial charge in [0.15, 0.2) is 0 Å². The van der Waals surface area contributed by atoms with Gasteiger partial charge < -0.3 is 15.1 Å². The van der Waals surface area contributed by atoms with E-state index in [2.05, 4.69) is 22.4 Å². The maximum atomic E-state index is 11.9. The molecule has 1 aliphatic rings. The zero-order valence-electron chi connectivity index (χ0n) is 11.1. The molecule has 2 rings (SSSR count). The lowest BCUT2D eigenvalue weighted by atomic mass is 10.3. The van der Waals surface area contributed by atoms with Crippen molar-refractivity contribution in [2.24, 2.45) is 7.05 Å². The van der Waals surface area contributed by atoms with Crippen LogP contribution in [0.25, 0.3) is 0 Å². The van der Waals surface area contributed by atoms with Gasteiger partial charge in [0.05, 0.1) is 12.2 Å². The molecule has 1 aromatic heterocycles. The first-order valence-corrected chi connectivity index (χ1v) is 6.31. The minimum absolute atomic E-state index is 0.185. The van der Waals surface area contributed by atoms with Gasteiger partial charge in [-0.15, -0.1) is 0 Å². The van der Waals surface area contributed by atoms with E-state index in [0.29, 0.717) is 13.1 Å². The quantitative estimate of drug-likeness (QED) is 0.767. The summed E-state index contributed by atoms with van der Waals surface area (Å²) in [5.41, 5.74) is 1.08. The highest BCUT2D eigenvalue weighted by Gasteiger charge is 2.18. The molecule has 1 aliphatic heterocycles. The van der Waals surface area contributed by atoms with Crippen molar-refractivity contribution in [2.45, 2.75) is 6.54 Å². The molecule has 0 aliphatic carbocycles. The summed E-state index contributed by atoms with van der Waals surface area (Å²) in [4.78, 5) is 16.1. The van der Waals surface area contributed by atoms with Crippen LogP contribution in [0.4, 0.5) is 0 Å². The van der Waals surface area contributed by atoms with Crippen molar-refractivity contribution in [1.82, 2.24) is 24.9 Å². The largest absolute Gasteiger partial charge is 0.339 e. The van der Waals surface area contributed by atoms with Crippen molar-refractivity contribution in [1.29, 1.82) is 0 Å². The van der Waals surface area contributed by atoms with E-state index in [-0.39, 0.29) is 5.91 Å². The van der Waals surface area contributed by atoms with Gasteiger partial charge in [0.25, 0.3) is 0 Å². The molecule has 1 aromatic rings. The molecule has 1 amide bonds. The third kappa shape index (κ3) is 3.30. The molecule has 2 heterocycles. The van der Waals surface area contributed by atoms with E-state index < -0.39 is 0 Å². The second-order valence-corrected chi connectivity index (χ2v) is 4.73. The average Bonchev–Trinajstić information content (AvgIpc) is 2.76. The third-order valence-corrected chi connectivity index (χ3v) is 3.36. The summed E-state index contributed by atoms with van der Waals surface area (Å²) in [5.74, 6) is 0.185. The number of carbonyl (C=O) groups is 1. The van der Waals surface area contributed by atoms with Gasteiger partial charge in [-0.25, -0.2) is 0 Å². The second-order valence-electron chi connectivity index (χ2n) is 4.73. The van der Waals surface area contributed by atoms with Gasteiger partial charge in [-0.1, -0.05) is 0 Å². The van der Waals surface area contributed by atoms with Crippen LogP contribution in [0.5, 0.6) is 0 Å². The Bertz CT molecular complexity index is 395. The molecule has 18 heavy (non-hydrogen) atoms. The Kier molecular flexibility index (Phi) is 4.33. The van der Waals surface area contributed by atoms with E-state index in [1.165, 1.54) is 0 Å². The lowest BCUT2D eigenvalue weighted by Crippen LogP contribution is -2.49. The molecule has 1 saturated heterocycles. The number of piperazine rings is 1. The first-order valence-electron chi connectivity index (χ1n) is 6.31. The van der Waals surface area contributed by atoms with E-state index in [1.54, 1.807) is 6.20 Å². The number of rotatable bonds is 4. The van der Waals surface area contributed by atoms with Crippen molar-refractivity contribution >= 4 is 5.91 Å². The van der Waals surface area contributed by atoms with Crippen LogP contribution in [-0.2, 0) is 18.4 Å². The highest BCUT2D eigenvalue weighted by Crippen LogP contribution is 1.99. The highest BCUT2D eigenvalue weighted by molar-refractivity contribution is 5.78. The Morgan fingerprint density at radius 1 is 1.33 bits per heavy atom. The maximum Gasteiger partial charge on any atom is 0.236 e. The zero-order chi connectivity index (χ0) is 13.0. The van der Waals surface area contributed by atoms with E-state index >= 15 is 0 Å². The zero-order valence-corrected chi connectivity index (χ0v) is 11.1. The summed E-state index contributed by atoms with van der Waals surface area (Å²) in [7, 11) is 3.99. The Labute approximate surface area is 108 Å². The first-order chi connectivity index (χ1) is 8.66. The topological polar surface area (TPSA) is 53.4 Å². The van der Waals surface area contributed by atoms with Crippen molar-refractivity contribution in [3.05, 3.63) is 18.0 Å². The van der Waals surface area contributed by atoms with E-state index in [4.69, 9.17) is 0 Å². The summed E-state index contributed by atoms with van der Waals surface area (Å²) in [5, 5.41) is 7.26. The van der Waals surface area contributed by atoms with Crippen LogP contribution in [0.15, 0.2) is 12.3 Å². The molecule has 0 aromatic carbocycles. The average molecular weight is 251 g/mol. The van der Waals surface area contributed by atoms with E-state index in [1.807, 2.05) is 22.7 Å². The number of likely N-dealkylation sites (N-methyl/N-ethyl adjacent to an activating group) is 1. The maximum absolute atomic E-state index is 11.9. The SMILES string of the molecule is CN1CCN(C(=O)CNCc2ccnn2C)CC1. The van der Waals surface area contributed by atoms with Gasteiger partial charge >= 0.3 is 0 Å². The Morgan fingerprint density at radius 2 is 2.06 bits per heavy atom. The minimum atomic E-state index is 0.185. The number of hydrogen-bond acceptors (Lipinski definition) is 4. The molecule has 0 atom stereocenters. The molecule has 0 bridgehead atoms. The number of nitrogens with one attached hydrogen (secondary N) is 1. The number of amides is 1. The van der Waals surface area contributed by atoms with Crippen LogP contribution in [0.1, 0.15) is 5.69 Å². The fourth-order valence-corrected chi connectivity index (χ4v) is 2.04. The van der Waals surface area contributed by atoms with E-state index in [9.17, 15) is 4.79 Å².